The number of hydrogen-bond acceptors (Lipinski definition) is 2. The van der Waals surface area contributed by atoms with Crippen molar-refractivity contribution < 1.29 is 9.90 Å². The molecule has 0 radical (unpaired) electrons. The molecule has 3 nitrogen and oxygen atoms in total. The highest BCUT2D eigenvalue weighted by atomic mass is 16.3. The number of aliphatic hydroxyl groups is 1. The third kappa shape index (κ3) is 3.57. The first-order valence-corrected chi connectivity index (χ1v) is 6.41. The summed E-state index contributed by atoms with van der Waals surface area (Å²) in [6.45, 7) is 8.17. The van der Waals surface area contributed by atoms with E-state index in [9.17, 15) is 4.79 Å². The zero-order valence-corrected chi connectivity index (χ0v) is 11.7. The number of hydrogen-bond donors (Lipinski definition) is 2. The van der Waals surface area contributed by atoms with Gasteiger partial charge in [0.1, 0.15) is 0 Å². The molecule has 1 rings (SSSR count). The fourth-order valence-electron chi connectivity index (χ4n) is 1.88. The minimum Gasteiger partial charge on any atom is -0.394 e. The van der Waals surface area contributed by atoms with E-state index in [2.05, 4.69) is 26.1 Å². The van der Waals surface area contributed by atoms with Crippen molar-refractivity contribution in [3.8, 4) is 0 Å². The van der Waals surface area contributed by atoms with E-state index in [1.807, 2.05) is 31.2 Å². The summed E-state index contributed by atoms with van der Waals surface area (Å²) >= 11 is 0. The van der Waals surface area contributed by atoms with Gasteiger partial charge < -0.3 is 10.4 Å². The van der Waals surface area contributed by atoms with Gasteiger partial charge >= 0.3 is 0 Å². The zero-order valence-electron chi connectivity index (χ0n) is 11.7. The number of aliphatic hydroxyl groups excluding tert-OH is 1. The van der Waals surface area contributed by atoms with E-state index in [0.717, 1.165) is 12.0 Å². The topological polar surface area (TPSA) is 49.3 Å². The maximum atomic E-state index is 12.2. The standard InChI is InChI=1S/C15H23NO2/c1-5-11(10-17)16-14(18)12-8-6-7-9-13(12)15(2,3)4/h6-9,11,17H,5,10H2,1-4H3,(H,16,18)/t11-/m1/s1. The third-order valence-electron chi connectivity index (χ3n) is 3.03. The summed E-state index contributed by atoms with van der Waals surface area (Å²) in [4.78, 5) is 12.2. The Morgan fingerprint density at radius 3 is 2.44 bits per heavy atom. The lowest BCUT2D eigenvalue weighted by atomic mass is 9.83. The molecule has 0 aliphatic heterocycles. The summed E-state index contributed by atoms with van der Waals surface area (Å²) < 4.78 is 0. The molecule has 1 aromatic rings. The minimum atomic E-state index is -0.175. The molecule has 0 saturated carbocycles. The summed E-state index contributed by atoms with van der Waals surface area (Å²) in [7, 11) is 0. The Morgan fingerprint density at radius 1 is 1.33 bits per heavy atom. The van der Waals surface area contributed by atoms with Crippen molar-refractivity contribution in [2.45, 2.75) is 45.6 Å². The molecule has 1 aromatic carbocycles. The largest absolute Gasteiger partial charge is 0.394 e. The van der Waals surface area contributed by atoms with Gasteiger partial charge in [0.05, 0.1) is 12.6 Å². The maximum Gasteiger partial charge on any atom is 0.251 e. The van der Waals surface area contributed by atoms with E-state index in [0.29, 0.717) is 5.56 Å². The predicted octanol–water partition coefficient (Wildman–Crippen LogP) is 2.48. The van der Waals surface area contributed by atoms with Crippen molar-refractivity contribution in [3.05, 3.63) is 35.4 Å². The molecule has 2 N–H and O–H groups in total. The molecule has 0 unspecified atom stereocenters. The van der Waals surface area contributed by atoms with Crippen molar-refractivity contribution in [2.75, 3.05) is 6.61 Å². The lowest BCUT2D eigenvalue weighted by molar-refractivity contribution is 0.0912. The number of rotatable bonds is 4. The highest BCUT2D eigenvalue weighted by Gasteiger charge is 2.22. The summed E-state index contributed by atoms with van der Waals surface area (Å²) in [6.07, 6.45) is 0.722. The molecule has 0 aliphatic rings. The predicted molar refractivity (Wildman–Crippen MR) is 73.8 cm³/mol. The first kappa shape index (κ1) is 14.7. The smallest absolute Gasteiger partial charge is 0.251 e. The van der Waals surface area contributed by atoms with E-state index in [4.69, 9.17) is 5.11 Å². The number of benzene rings is 1. The molecular weight excluding hydrogens is 226 g/mol. The Labute approximate surface area is 109 Å². The number of nitrogens with one attached hydrogen (secondary N) is 1. The molecule has 100 valence electrons. The molecule has 18 heavy (non-hydrogen) atoms. The van der Waals surface area contributed by atoms with Crippen LogP contribution in [0.3, 0.4) is 0 Å². The van der Waals surface area contributed by atoms with Gasteiger partial charge in [-0.05, 0) is 23.5 Å². The van der Waals surface area contributed by atoms with Crippen LogP contribution in [0.4, 0.5) is 0 Å². The second-order valence-corrected chi connectivity index (χ2v) is 5.56. The van der Waals surface area contributed by atoms with Gasteiger partial charge in [0.2, 0.25) is 0 Å². The van der Waals surface area contributed by atoms with Gasteiger partial charge in [0.15, 0.2) is 0 Å². The molecule has 0 heterocycles. The van der Waals surface area contributed by atoms with Crippen LogP contribution in [-0.2, 0) is 5.41 Å². The fraction of sp³-hybridized carbons (Fsp3) is 0.533. The van der Waals surface area contributed by atoms with Gasteiger partial charge in [-0.3, -0.25) is 4.79 Å². The summed E-state index contributed by atoms with van der Waals surface area (Å²) in [5.74, 6) is -0.110. The molecule has 1 atom stereocenters. The molecule has 3 heteroatoms. The van der Waals surface area contributed by atoms with Crippen LogP contribution in [0.2, 0.25) is 0 Å². The second-order valence-electron chi connectivity index (χ2n) is 5.56. The van der Waals surface area contributed by atoms with Crippen molar-refractivity contribution >= 4 is 5.91 Å². The summed E-state index contributed by atoms with van der Waals surface area (Å²) in [6, 6.07) is 7.45. The normalized spacial score (nSPS) is 13.2. The van der Waals surface area contributed by atoms with Crippen LogP contribution < -0.4 is 5.32 Å². The Bertz CT molecular complexity index is 403. The van der Waals surface area contributed by atoms with Crippen molar-refractivity contribution in [3.63, 3.8) is 0 Å². The van der Waals surface area contributed by atoms with E-state index in [1.54, 1.807) is 0 Å². The van der Waals surface area contributed by atoms with Crippen LogP contribution in [-0.4, -0.2) is 23.7 Å². The Hall–Kier alpha value is -1.35. The number of carbonyl (C=O) groups is 1. The van der Waals surface area contributed by atoms with E-state index < -0.39 is 0 Å². The number of carbonyl (C=O) groups excluding carboxylic acids is 1. The average Bonchev–Trinajstić information content (AvgIpc) is 2.34. The van der Waals surface area contributed by atoms with E-state index >= 15 is 0 Å². The van der Waals surface area contributed by atoms with Crippen LogP contribution in [0.15, 0.2) is 24.3 Å². The first-order chi connectivity index (χ1) is 8.40. The van der Waals surface area contributed by atoms with Crippen LogP contribution in [0.1, 0.15) is 50.0 Å². The van der Waals surface area contributed by atoms with E-state index in [1.165, 1.54) is 0 Å². The first-order valence-electron chi connectivity index (χ1n) is 6.41. The lowest BCUT2D eigenvalue weighted by Crippen LogP contribution is -2.38. The van der Waals surface area contributed by atoms with E-state index in [-0.39, 0.29) is 24.0 Å². The highest BCUT2D eigenvalue weighted by Crippen LogP contribution is 2.25. The quantitative estimate of drug-likeness (QED) is 0.861. The molecular formula is C15H23NO2. The van der Waals surface area contributed by atoms with Gasteiger partial charge in [0, 0.05) is 5.56 Å². The molecule has 0 fully saturated rings. The Kier molecular flexibility index (Phi) is 4.91. The average molecular weight is 249 g/mol. The van der Waals surface area contributed by atoms with Gasteiger partial charge in [0.25, 0.3) is 5.91 Å². The van der Waals surface area contributed by atoms with Crippen LogP contribution in [0.25, 0.3) is 0 Å². The summed E-state index contributed by atoms with van der Waals surface area (Å²) in [5, 5.41) is 12.0. The molecule has 0 saturated heterocycles. The molecule has 1 amide bonds. The van der Waals surface area contributed by atoms with Crippen molar-refractivity contribution in [1.29, 1.82) is 0 Å². The molecule has 0 spiro atoms. The molecule has 0 bridgehead atoms. The van der Waals surface area contributed by atoms with Crippen LogP contribution in [0.5, 0.6) is 0 Å². The summed E-state index contributed by atoms with van der Waals surface area (Å²) in [5.41, 5.74) is 1.64. The van der Waals surface area contributed by atoms with Gasteiger partial charge in [-0.1, -0.05) is 45.9 Å². The van der Waals surface area contributed by atoms with Crippen LogP contribution >= 0.6 is 0 Å². The SMILES string of the molecule is CC[C@H](CO)NC(=O)c1ccccc1C(C)(C)C. The minimum absolute atomic E-state index is 0.0279. The molecule has 0 aliphatic carbocycles. The van der Waals surface area contributed by atoms with Crippen molar-refractivity contribution in [1.82, 2.24) is 5.32 Å². The van der Waals surface area contributed by atoms with Gasteiger partial charge in [-0.15, -0.1) is 0 Å². The Morgan fingerprint density at radius 2 is 1.94 bits per heavy atom. The highest BCUT2D eigenvalue weighted by molar-refractivity contribution is 5.96. The monoisotopic (exact) mass is 249 g/mol. The third-order valence-corrected chi connectivity index (χ3v) is 3.03. The van der Waals surface area contributed by atoms with Crippen LogP contribution in [0, 0.1) is 0 Å². The fourth-order valence-corrected chi connectivity index (χ4v) is 1.88. The van der Waals surface area contributed by atoms with Gasteiger partial charge in [-0.25, -0.2) is 0 Å². The van der Waals surface area contributed by atoms with Crippen molar-refractivity contribution in [2.24, 2.45) is 0 Å². The maximum absolute atomic E-state index is 12.2. The Balaban J connectivity index is 2.99. The number of amides is 1. The molecule has 0 aromatic heterocycles. The lowest BCUT2D eigenvalue weighted by Gasteiger charge is -2.23. The zero-order chi connectivity index (χ0) is 13.8. The van der Waals surface area contributed by atoms with Gasteiger partial charge in [-0.2, -0.15) is 0 Å². The second kappa shape index (κ2) is 6.01.